The molecule has 1 amide bonds. The van der Waals surface area contributed by atoms with Crippen molar-refractivity contribution in [1.82, 2.24) is 4.90 Å². The Morgan fingerprint density at radius 3 is 3.21 bits per heavy atom. The molecule has 0 spiro atoms. The number of hydrogen-bond acceptors (Lipinski definition) is 3. The van der Waals surface area contributed by atoms with Crippen molar-refractivity contribution in [2.75, 3.05) is 24.2 Å². The molecule has 19 heavy (non-hydrogen) atoms. The minimum Gasteiger partial charge on any atom is -0.338 e. The van der Waals surface area contributed by atoms with Crippen LogP contribution < -0.4 is 0 Å². The van der Waals surface area contributed by atoms with E-state index in [9.17, 15) is 4.79 Å². The third-order valence-electron chi connectivity index (χ3n) is 3.93. The second-order valence-electron chi connectivity index (χ2n) is 5.25. The van der Waals surface area contributed by atoms with Gasteiger partial charge in [-0.25, -0.2) is 0 Å². The Kier molecular flexibility index (Phi) is 4.54. The van der Waals surface area contributed by atoms with Crippen LogP contribution in [0.1, 0.15) is 33.0 Å². The SMILES string of the molecule is O=C(c1cc2c(s1)CCSC2)N1CCC(CCBr)C1. The van der Waals surface area contributed by atoms with Crippen LogP contribution in [-0.2, 0) is 12.2 Å². The fourth-order valence-corrected chi connectivity index (χ4v) is 5.80. The van der Waals surface area contributed by atoms with E-state index >= 15 is 0 Å². The van der Waals surface area contributed by atoms with Crippen LogP contribution in [0.25, 0.3) is 0 Å². The van der Waals surface area contributed by atoms with Crippen LogP contribution in [0.5, 0.6) is 0 Å². The van der Waals surface area contributed by atoms with Crippen molar-refractivity contribution in [3.8, 4) is 0 Å². The van der Waals surface area contributed by atoms with Gasteiger partial charge in [-0.3, -0.25) is 4.79 Å². The molecular formula is C14H18BrNOS2. The highest BCUT2D eigenvalue weighted by Gasteiger charge is 2.28. The summed E-state index contributed by atoms with van der Waals surface area (Å²) in [4.78, 5) is 17.0. The molecule has 2 nitrogen and oxygen atoms in total. The third kappa shape index (κ3) is 3.03. The van der Waals surface area contributed by atoms with Gasteiger partial charge in [-0.15, -0.1) is 11.3 Å². The molecular weight excluding hydrogens is 342 g/mol. The monoisotopic (exact) mass is 359 g/mol. The van der Waals surface area contributed by atoms with E-state index in [2.05, 4.69) is 26.9 Å². The minimum absolute atomic E-state index is 0.265. The van der Waals surface area contributed by atoms with E-state index in [0.29, 0.717) is 5.92 Å². The normalized spacial score (nSPS) is 22.6. The minimum atomic E-state index is 0.265. The molecule has 5 heteroatoms. The average molecular weight is 360 g/mol. The summed E-state index contributed by atoms with van der Waals surface area (Å²) in [5.74, 6) is 3.25. The summed E-state index contributed by atoms with van der Waals surface area (Å²) in [6.07, 6.45) is 3.49. The summed E-state index contributed by atoms with van der Waals surface area (Å²) >= 11 is 7.21. The molecule has 1 fully saturated rings. The van der Waals surface area contributed by atoms with Gasteiger partial charge in [0.15, 0.2) is 0 Å². The van der Waals surface area contributed by atoms with E-state index in [1.54, 1.807) is 11.3 Å². The summed E-state index contributed by atoms with van der Waals surface area (Å²) in [5, 5.41) is 1.05. The van der Waals surface area contributed by atoms with Crippen molar-refractivity contribution in [3.05, 3.63) is 21.4 Å². The number of nitrogens with zero attached hydrogens (tertiary/aromatic N) is 1. The Morgan fingerprint density at radius 2 is 2.42 bits per heavy atom. The Balaban J connectivity index is 1.69. The van der Waals surface area contributed by atoms with Gasteiger partial charge in [0.05, 0.1) is 4.88 Å². The first-order valence-corrected chi connectivity index (χ1v) is 9.91. The fourth-order valence-electron chi connectivity index (χ4n) is 2.82. The van der Waals surface area contributed by atoms with E-state index in [-0.39, 0.29) is 5.91 Å². The number of thiophene rings is 1. The molecule has 2 aliphatic heterocycles. The molecule has 0 aromatic carbocycles. The van der Waals surface area contributed by atoms with Gasteiger partial charge in [0.1, 0.15) is 0 Å². The van der Waals surface area contributed by atoms with Crippen LogP contribution in [-0.4, -0.2) is 35.0 Å². The standard InChI is InChI=1S/C14H18BrNOS2/c15-4-1-10-2-5-16(8-10)14(17)13-7-11-9-18-6-3-12(11)19-13/h7,10H,1-6,8-9H2. The first-order valence-electron chi connectivity index (χ1n) is 6.82. The number of hydrogen-bond donors (Lipinski definition) is 0. The number of aryl methyl sites for hydroxylation is 1. The zero-order valence-corrected chi connectivity index (χ0v) is 14.1. The van der Waals surface area contributed by atoms with Crippen LogP contribution in [0, 0.1) is 5.92 Å². The number of alkyl halides is 1. The quantitative estimate of drug-likeness (QED) is 0.765. The van der Waals surface area contributed by atoms with E-state index in [1.165, 1.54) is 22.6 Å². The first kappa shape index (κ1) is 14.0. The summed E-state index contributed by atoms with van der Waals surface area (Å²) in [6.45, 7) is 1.88. The number of amides is 1. The van der Waals surface area contributed by atoms with Gasteiger partial charge >= 0.3 is 0 Å². The highest BCUT2D eigenvalue weighted by molar-refractivity contribution is 9.09. The molecule has 1 unspecified atom stereocenters. The molecule has 104 valence electrons. The van der Waals surface area contributed by atoms with Crippen LogP contribution in [0.4, 0.5) is 0 Å². The van der Waals surface area contributed by atoms with Crippen molar-refractivity contribution in [2.45, 2.75) is 25.0 Å². The van der Waals surface area contributed by atoms with Gasteiger partial charge in [0.2, 0.25) is 0 Å². The highest BCUT2D eigenvalue weighted by atomic mass is 79.9. The predicted octanol–water partition coefficient (Wildman–Crippen LogP) is 3.78. The molecule has 1 aromatic rings. The maximum atomic E-state index is 12.5. The lowest BCUT2D eigenvalue weighted by atomic mass is 10.1. The van der Waals surface area contributed by atoms with Gasteiger partial charge in [0.25, 0.3) is 5.91 Å². The van der Waals surface area contributed by atoms with Gasteiger partial charge in [-0.2, -0.15) is 11.8 Å². The Labute approximate surface area is 131 Å². The summed E-state index contributed by atoms with van der Waals surface area (Å²) in [5.41, 5.74) is 1.40. The number of likely N-dealkylation sites (tertiary alicyclic amines) is 1. The lowest BCUT2D eigenvalue weighted by molar-refractivity contribution is 0.0791. The second-order valence-corrected chi connectivity index (χ2v) is 8.28. The molecule has 1 aromatic heterocycles. The lowest BCUT2D eigenvalue weighted by Gasteiger charge is -2.15. The number of carbonyl (C=O) groups excluding carboxylic acids is 1. The van der Waals surface area contributed by atoms with E-state index in [4.69, 9.17) is 0 Å². The highest BCUT2D eigenvalue weighted by Crippen LogP contribution is 2.33. The number of fused-ring (bicyclic) bond motifs is 1. The molecule has 0 saturated carbocycles. The molecule has 3 heterocycles. The van der Waals surface area contributed by atoms with Crippen LogP contribution >= 0.6 is 39.0 Å². The third-order valence-corrected chi connectivity index (χ3v) is 6.62. The summed E-state index contributed by atoms with van der Waals surface area (Å²) in [7, 11) is 0. The van der Waals surface area contributed by atoms with Crippen molar-refractivity contribution < 1.29 is 4.79 Å². The Morgan fingerprint density at radius 1 is 1.53 bits per heavy atom. The fraction of sp³-hybridized carbons (Fsp3) is 0.643. The number of carbonyl (C=O) groups is 1. The Hall–Kier alpha value is -0.000000000000000167. The van der Waals surface area contributed by atoms with Gasteiger partial charge in [0, 0.05) is 29.0 Å². The van der Waals surface area contributed by atoms with E-state index in [1.807, 2.05) is 11.8 Å². The topological polar surface area (TPSA) is 20.3 Å². The lowest BCUT2D eigenvalue weighted by Crippen LogP contribution is -2.28. The zero-order valence-electron chi connectivity index (χ0n) is 10.9. The first-order chi connectivity index (χ1) is 9.28. The zero-order chi connectivity index (χ0) is 13.2. The molecule has 0 N–H and O–H groups in total. The van der Waals surface area contributed by atoms with Crippen LogP contribution in [0.3, 0.4) is 0 Å². The second kappa shape index (κ2) is 6.19. The van der Waals surface area contributed by atoms with Crippen LogP contribution in [0.15, 0.2) is 6.07 Å². The van der Waals surface area contributed by atoms with Crippen LogP contribution in [0.2, 0.25) is 0 Å². The maximum absolute atomic E-state index is 12.5. The molecule has 3 rings (SSSR count). The Bertz CT molecular complexity index is 451. The van der Waals surface area contributed by atoms with Gasteiger partial charge in [-0.05, 0) is 42.6 Å². The average Bonchev–Trinajstić information content (AvgIpc) is 3.04. The largest absolute Gasteiger partial charge is 0.338 e. The maximum Gasteiger partial charge on any atom is 0.263 e. The number of rotatable bonds is 3. The number of thioether (sulfide) groups is 1. The predicted molar refractivity (Wildman–Crippen MR) is 86.6 cm³/mol. The molecule has 1 atom stereocenters. The molecule has 0 radical (unpaired) electrons. The molecule has 0 aliphatic carbocycles. The van der Waals surface area contributed by atoms with Crippen molar-refractivity contribution in [1.29, 1.82) is 0 Å². The molecule has 2 aliphatic rings. The van der Waals surface area contributed by atoms with Crippen molar-refractivity contribution in [2.24, 2.45) is 5.92 Å². The molecule has 0 bridgehead atoms. The van der Waals surface area contributed by atoms with E-state index in [0.717, 1.165) is 41.9 Å². The van der Waals surface area contributed by atoms with E-state index < -0.39 is 0 Å². The number of halogens is 1. The van der Waals surface area contributed by atoms with Gasteiger partial charge < -0.3 is 4.90 Å². The molecule has 1 saturated heterocycles. The van der Waals surface area contributed by atoms with Gasteiger partial charge in [-0.1, -0.05) is 15.9 Å². The summed E-state index contributed by atoms with van der Waals surface area (Å²) in [6, 6.07) is 2.15. The smallest absolute Gasteiger partial charge is 0.263 e. The summed E-state index contributed by atoms with van der Waals surface area (Å²) < 4.78 is 0. The van der Waals surface area contributed by atoms with Crippen molar-refractivity contribution >= 4 is 44.9 Å². The van der Waals surface area contributed by atoms with Crippen molar-refractivity contribution in [3.63, 3.8) is 0 Å².